The van der Waals surface area contributed by atoms with Crippen LogP contribution >= 0.6 is 15.9 Å². The van der Waals surface area contributed by atoms with Gasteiger partial charge >= 0.3 is 6.18 Å². The van der Waals surface area contributed by atoms with Crippen LogP contribution in [0.15, 0.2) is 34.8 Å². The van der Waals surface area contributed by atoms with Crippen molar-refractivity contribution in [3.8, 4) is 5.88 Å². The zero-order valence-corrected chi connectivity index (χ0v) is 12.0. The van der Waals surface area contributed by atoms with Crippen molar-refractivity contribution in [2.24, 2.45) is 0 Å². The van der Waals surface area contributed by atoms with Crippen LogP contribution in [0.25, 0.3) is 0 Å². The molecule has 2 rings (SSSR count). The number of ether oxygens (including phenoxy) is 1. The number of aromatic nitrogens is 2. The van der Waals surface area contributed by atoms with Gasteiger partial charge in [-0.05, 0) is 39.7 Å². The third-order valence-corrected chi connectivity index (χ3v) is 3.19. The molecule has 0 saturated heterocycles. The van der Waals surface area contributed by atoms with Crippen molar-refractivity contribution in [3.05, 3.63) is 51.6 Å². The molecule has 3 nitrogen and oxygen atoms in total. The van der Waals surface area contributed by atoms with E-state index in [0.717, 1.165) is 17.7 Å². The van der Waals surface area contributed by atoms with Crippen LogP contribution in [-0.2, 0) is 12.6 Å². The van der Waals surface area contributed by atoms with E-state index in [2.05, 4.69) is 26.1 Å². The maximum absolute atomic E-state index is 12.4. The van der Waals surface area contributed by atoms with Gasteiger partial charge in [0.15, 0.2) is 0 Å². The fourth-order valence-corrected chi connectivity index (χ4v) is 2.15. The van der Waals surface area contributed by atoms with Crippen LogP contribution in [-0.4, -0.2) is 17.3 Å². The molecule has 1 heterocycles. The van der Waals surface area contributed by atoms with Crippen LogP contribution in [0.4, 0.5) is 13.2 Å². The lowest BCUT2D eigenvalue weighted by molar-refractivity contribution is -0.137. The summed E-state index contributed by atoms with van der Waals surface area (Å²) in [6, 6.07) is 6.71. The molecule has 1 aromatic carbocycles. The molecule has 0 spiro atoms. The lowest BCUT2D eigenvalue weighted by Gasteiger charge is -2.08. The summed E-state index contributed by atoms with van der Waals surface area (Å²) >= 11 is 3.28. The van der Waals surface area contributed by atoms with Crippen LogP contribution in [0.3, 0.4) is 0 Å². The number of benzene rings is 1. The average Bonchev–Trinajstić information content (AvgIpc) is 2.38. The molecule has 0 N–H and O–H groups in total. The predicted molar refractivity (Wildman–Crippen MR) is 70.5 cm³/mol. The standard InChI is InChI=1S/C13H10BrF3N2O/c1-20-12-11(14)7-10(18-19-12)6-8-2-4-9(5-3-8)13(15,16)17/h2-5,7H,6H2,1H3. The molecule has 0 bridgehead atoms. The largest absolute Gasteiger partial charge is 0.479 e. The first-order valence-electron chi connectivity index (χ1n) is 5.62. The molecule has 7 heteroatoms. The summed E-state index contributed by atoms with van der Waals surface area (Å²) in [6.45, 7) is 0. The van der Waals surface area contributed by atoms with Crippen molar-refractivity contribution in [3.63, 3.8) is 0 Å². The third kappa shape index (κ3) is 3.47. The van der Waals surface area contributed by atoms with Crippen LogP contribution < -0.4 is 4.74 Å². The normalized spacial score (nSPS) is 11.4. The lowest BCUT2D eigenvalue weighted by atomic mass is 10.1. The Bertz CT molecular complexity index is 600. The van der Waals surface area contributed by atoms with Crippen LogP contribution in [0.1, 0.15) is 16.8 Å². The molecule has 0 saturated carbocycles. The first-order valence-corrected chi connectivity index (χ1v) is 6.41. The van der Waals surface area contributed by atoms with Gasteiger partial charge in [0.25, 0.3) is 0 Å². The molecule has 0 aliphatic carbocycles. The van der Waals surface area contributed by atoms with Gasteiger partial charge in [-0.1, -0.05) is 12.1 Å². The topological polar surface area (TPSA) is 35.0 Å². The molecule has 0 aliphatic heterocycles. The van der Waals surface area contributed by atoms with Gasteiger partial charge in [-0.25, -0.2) is 0 Å². The Kier molecular flexibility index (Phi) is 4.27. The maximum Gasteiger partial charge on any atom is 0.416 e. The molecular formula is C13H10BrF3N2O. The molecule has 0 amide bonds. The number of hydrogen-bond acceptors (Lipinski definition) is 3. The highest BCUT2D eigenvalue weighted by atomic mass is 79.9. The van der Waals surface area contributed by atoms with Gasteiger partial charge in [-0.15, -0.1) is 5.10 Å². The van der Waals surface area contributed by atoms with Gasteiger partial charge in [0.2, 0.25) is 5.88 Å². The van der Waals surface area contributed by atoms with Gasteiger partial charge in [-0.3, -0.25) is 0 Å². The Morgan fingerprint density at radius 2 is 1.80 bits per heavy atom. The van der Waals surface area contributed by atoms with E-state index >= 15 is 0 Å². The van der Waals surface area contributed by atoms with E-state index in [1.165, 1.54) is 19.2 Å². The number of methoxy groups -OCH3 is 1. The van der Waals surface area contributed by atoms with Gasteiger partial charge < -0.3 is 4.74 Å². The fraction of sp³-hybridized carbons (Fsp3) is 0.231. The molecule has 0 aliphatic rings. The first kappa shape index (κ1) is 14.8. The third-order valence-electron chi connectivity index (χ3n) is 2.63. The minimum atomic E-state index is -4.32. The van der Waals surface area contributed by atoms with E-state index in [-0.39, 0.29) is 0 Å². The van der Waals surface area contributed by atoms with Crippen molar-refractivity contribution < 1.29 is 17.9 Å². The SMILES string of the molecule is COc1nnc(Cc2ccc(C(F)(F)F)cc2)cc1Br. The van der Waals surface area contributed by atoms with Crippen molar-refractivity contribution in [2.75, 3.05) is 7.11 Å². The highest BCUT2D eigenvalue weighted by Crippen LogP contribution is 2.29. The molecule has 2 aromatic rings. The van der Waals surface area contributed by atoms with E-state index in [0.29, 0.717) is 22.5 Å². The van der Waals surface area contributed by atoms with Crippen molar-refractivity contribution in [2.45, 2.75) is 12.6 Å². The highest BCUT2D eigenvalue weighted by molar-refractivity contribution is 9.10. The predicted octanol–water partition coefficient (Wildman–Crippen LogP) is 3.86. The monoisotopic (exact) mass is 346 g/mol. The number of rotatable bonds is 3. The molecular weight excluding hydrogens is 337 g/mol. The molecule has 0 radical (unpaired) electrons. The van der Waals surface area contributed by atoms with Crippen molar-refractivity contribution >= 4 is 15.9 Å². The Morgan fingerprint density at radius 1 is 1.15 bits per heavy atom. The van der Waals surface area contributed by atoms with Gasteiger partial charge in [0.05, 0.1) is 22.8 Å². The van der Waals surface area contributed by atoms with Crippen LogP contribution in [0.5, 0.6) is 5.88 Å². The highest BCUT2D eigenvalue weighted by Gasteiger charge is 2.29. The van der Waals surface area contributed by atoms with E-state index < -0.39 is 11.7 Å². The summed E-state index contributed by atoms with van der Waals surface area (Å²) in [6.07, 6.45) is -3.92. The quantitative estimate of drug-likeness (QED) is 0.846. The molecule has 0 atom stereocenters. The first-order chi connectivity index (χ1) is 9.40. The second-order valence-corrected chi connectivity index (χ2v) is 4.92. The average molecular weight is 347 g/mol. The Labute approximate surface area is 121 Å². The van der Waals surface area contributed by atoms with Crippen LogP contribution in [0, 0.1) is 0 Å². The van der Waals surface area contributed by atoms with E-state index in [1.54, 1.807) is 6.07 Å². The summed E-state index contributed by atoms with van der Waals surface area (Å²) in [7, 11) is 1.48. The van der Waals surface area contributed by atoms with E-state index in [1.807, 2.05) is 0 Å². The smallest absolute Gasteiger partial charge is 0.416 e. The van der Waals surface area contributed by atoms with Gasteiger partial charge in [0.1, 0.15) is 0 Å². The zero-order valence-electron chi connectivity index (χ0n) is 10.4. The molecule has 106 valence electrons. The molecule has 0 unspecified atom stereocenters. The second-order valence-electron chi connectivity index (χ2n) is 4.06. The van der Waals surface area contributed by atoms with Crippen LogP contribution in [0.2, 0.25) is 0 Å². The van der Waals surface area contributed by atoms with E-state index in [9.17, 15) is 13.2 Å². The maximum atomic E-state index is 12.4. The Balaban J connectivity index is 2.16. The summed E-state index contributed by atoms with van der Waals surface area (Å²) < 4.78 is 42.9. The minimum Gasteiger partial charge on any atom is -0.479 e. The van der Waals surface area contributed by atoms with Crippen molar-refractivity contribution in [1.82, 2.24) is 10.2 Å². The number of hydrogen-bond donors (Lipinski definition) is 0. The number of halogens is 4. The summed E-state index contributed by atoms with van der Waals surface area (Å²) in [5.41, 5.74) is 0.699. The molecule has 0 fully saturated rings. The lowest BCUT2D eigenvalue weighted by Crippen LogP contribution is -2.04. The Hall–Kier alpha value is -1.63. The summed E-state index contributed by atoms with van der Waals surface area (Å²) in [5, 5.41) is 7.80. The summed E-state index contributed by atoms with van der Waals surface area (Å²) in [4.78, 5) is 0. The zero-order chi connectivity index (χ0) is 14.8. The number of alkyl halides is 3. The minimum absolute atomic E-state index is 0.362. The Morgan fingerprint density at radius 3 is 2.30 bits per heavy atom. The fourth-order valence-electron chi connectivity index (χ4n) is 1.64. The molecule has 20 heavy (non-hydrogen) atoms. The van der Waals surface area contributed by atoms with Crippen molar-refractivity contribution in [1.29, 1.82) is 0 Å². The second kappa shape index (κ2) is 5.78. The van der Waals surface area contributed by atoms with Gasteiger partial charge in [0, 0.05) is 6.42 Å². The number of nitrogens with zero attached hydrogens (tertiary/aromatic N) is 2. The van der Waals surface area contributed by atoms with E-state index in [4.69, 9.17) is 4.74 Å². The molecule has 1 aromatic heterocycles. The summed E-state index contributed by atoms with van der Waals surface area (Å²) in [5.74, 6) is 0.362. The van der Waals surface area contributed by atoms with Gasteiger partial charge in [-0.2, -0.15) is 18.3 Å².